The molecule has 2 aromatic rings. The number of benzene rings is 1. The van der Waals surface area contributed by atoms with E-state index in [1.165, 1.54) is 12.5 Å². The van der Waals surface area contributed by atoms with Gasteiger partial charge in [-0.3, -0.25) is 4.79 Å². The number of carbonyl (C=O) groups excluding carboxylic acids is 1. The molecule has 4 rings (SSSR count). The molecule has 0 bridgehead atoms. The predicted octanol–water partition coefficient (Wildman–Crippen LogP) is 3.62. The van der Waals surface area contributed by atoms with E-state index in [-0.39, 0.29) is 11.7 Å². The normalized spacial score (nSPS) is 19.2. The van der Waals surface area contributed by atoms with Gasteiger partial charge in [-0.1, -0.05) is 12.1 Å². The van der Waals surface area contributed by atoms with E-state index in [1.807, 2.05) is 11.0 Å². The van der Waals surface area contributed by atoms with Crippen molar-refractivity contribution in [2.75, 3.05) is 26.2 Å². The van der Waals surface area contributed by atoms with Crippen LogP contribution in [0.25, 0.3) is 11.3 Å². The van der Waals surface area contributed by atoms with Crippen molar-refractivity contribution in [1.29, 1.82) is 0 Å². The van der Waals surface area contributed by atoms with E-state index >= 15 is 0 Å². The largest absolute Gasteiger partial charge is 0.461 e. The smallest absolute Gasteiger partial charge is 0.223 e. The van der Waals surface area contributed by atoms with E-state index in [4.69, 9.17) is 4.42 Å². The number of piperidine rings is 1. The average molecular weight is 356 g/mol. The molecule has 4 nitrogen and oxygen atoms in total. The van der Waals surface area contributed by atoms with E-state index in [1.54, 1.807) is 24.3 Å². The second-order valence-corrected chi connectivity index (χ2v) is 7.55. The molecule has 0 aliphatic carbocycles. The fourth-order valence-electron chi connectivity index (χ4n) is 4.16. The first-order chi connectivity index (χ1) is 12.7. The van der Waals surface area contributed by atoms with Gasteiger partial charge in [-0.05, 0) is 55.5 Å². The highest BCUT2D eigenvalue weighted by Crippen LogP contribution is 2.37. The summed E-state index contributed by atoms with van der Waals surface area (Å²) in [6, 6.07) is 10.2. The molecule has 1 N–H and O–H groups in total. The quantitative estimate of drug-likeness (QED) is 0.910. The summed E-state index contributed by atoms with van der Waals surface area (Å²) in [7, 11) is 0. The van der Waals surface area contributed by atoms with E-state index < -0.39 is 0 Å². The molecule has 138 valence electrons. The summed E-state index contributed by atoms with van der Waals surface area (Å²) in [5.74, 6) is 1.13. The summed E-state index contributed by atoms with van der Waals surface area (Å²) in [6.07, 6.45) is 4.43. The molecular weight excluding hydrogens is 331 g/mol. The SMILES string of the molecule is O=C(CCc1ccc(-c2ccccc2F)o1)N1CCC2(CCNC2)CC1. The van der Waals surface area contributed by atoms with Crippen LogP contribution in [0.15, 0.2) is 40.8 Å². The number of nitrogens with zero attached hydrogens (tertiary/aromatic N) is 1. The number of nitrogens with one attached hydrogen (secondary N) is 1. The number of amides is 1. The van der Waals surface area contributed by atoms with Crippen molar-refractivity contribution in [3.05, 3.63) is 48.0 Å². The summed E-state index contributed by atoms with van der Waals surface area (Å²) < 4.78 is 19.6. The maximum Gasteiger partial charge on any atom is 0.223 e. The average Bonchev–Trinajstić information content (AvgIpc) is 3.31. The number of halogens is 1. The van der Waals surface area contributed by atoms with Crippen LogP contribution >= 0.6 is 0 Å². The van der Waals surface area contributed by atoms with Crippen LogP contribution in [-0.2, 0) is 11.2 Å². The molecular formula is C21H25FN2O2. The first-order valence-corrected chi connectivity index (χ1v) is 9.47. The van der Waals surface area contributed by atoms with Gasteiger partial charge in [0.1, 0.15) is 17.3 Å². The molecule has 3 heterocycles. The van der Waals surface area contributed by atoms with Crippen molar-refractivity contribution in [3.8, 4) is 11.3 Å². The zero-order valence-corrected chi connectivity index (χ0v) is 15.0. The monoisotopic (exact) mass is 356 g/mol. The molecule has 1 aromatic heterocycles. The maximum atomic E-state index is 13.8. The Kier molecular flexibility index (Phi) is 4.81. The third kappa shape index (κ3) is 3.54. The number of hydrogen-bond donors (Lipinski definition) is 1. The number of likely N-dealkylation sites (tertiary alicyclic amines) is 1. The van der Waals surface area contributed by atoms with Gasteiger partial charge in [0.2, 0.25) is 5.91 Å². The third-order valence-electron chi connectivity index (χ3n) is 5.90. The van der Waals surface area contributed by atoms with E-state index in [0.29, 0.717) is 29.6 Å². The van der Waals surface area contributed by atoms with E-state index in [2.05, 4.69) is 5.32 Å². The number of furan rings is 1. The van der Waals surface area contributed by atoms with Gasteiger partial charge < -0.3 is 14.6 Å². The zero-order valence-electron chi connectivity index (χ0n) is 15.0. The molecule has 2 aliphatic rings. The maximum absolute atomic E-state index is 13.8. The highest BCUT2D eigenvalue weighted by Gasteiger charge is 2.37. The van der Waals surface area contributed by atoms with Crippen molar-refractivity contribution in [2.45, 2.75) is 32.1 Å². The summed E-state index contributed by atoms with van der Waals surface area (Å²) in [5, 5.41) is 3.45. The Hall–Kier alpha value is -2.14. The lowest BCUT2D eigenvalue weighted by atomic mass is 9.78. The van der Waals surface area contributed by atoms with Crippen molar-refractivity contribution in [3.63, 3.8) is 0 Å². The minimum absolute atomic E-state index is 0.189. The minimum Gasteiger partial charge on any atom is -0.461 e. The molecule has 1 amide bonds. The zero-order chi connectivity index (χ0) is 18.0. The molecule has 5 heteroatoms. The van der Waals surface area contributed by atoms with Gasteiger partial charge in [-0.25, -0.2) is 4.39 Å². The third-order valence-corrected chi connectivity index (χ3v) is 5.90. The van der Waals surface area contributed by atoms with Gasteiger partial charge in [0.25, 0.3) is 0 Å². The van der Waals surface area contributed by atoms with Crippen molar-refractivity contribution < 1.29 is 13.6 Å². The summed E-state index contributed by atoms with van der Waals surface area (Å²) >= 11 is 0. The second kappa shape index (κ2) is 7.23. The Morgan fingerprint density at radius 3 is 2.69 bits per heavy atom. The van der Waals surface area contributed by atoms with Gasteiger partial charge in [0, 0.05) is 32.5 Å². The van der Waals surface area contributed by atoms with Gasteiger partial charge in [0.05, 0.1) is 5.56 Å². The molecule has 1 spiro atoms. The Labute approximate surface area is 153 Å². The molecule has 2 aliphatic heterocycles. The molecule has 0 unspecified atom stereocenters. The highest BCUT2D eigenvalue weighted by molar-refractivity contribution is 5.76. The first-order valence-electron chi connectivity index (χ1n) is 9.47. The fraction of sp³-hybridized carbons (Fsp3) is 0.476. The predicted molar refractivity (Wildman–Crippen MR) is 98.2 cm³/mol. The van der Waals surface area contributed by atoms with Crippen molar-refractivity contribution in [1.82, 2.24) is 10.2 Å². The Morgan fingerprint density at radius 1 is 1.15 bits per heavy atom. The number of hydrogen-bond acceptors (Lipinski definition) is 3. The van der Waals surface area contributed by atoms with Crippen LogP contribution in [0.5, 0.6) is 0 Å². The van der Waals surface area contributed by atoms with Gasteiger partial charge in [-0.15, -0.1) is 0 Å². The van der Waals surface area contributed by atoms with Crippen LogP contribution in [0.3, 0.4) is 0 Å². The van der Waals surface area contributed by atoms with Crippen molar-refractivity contribution >= 4 is 5.91 Å². The summed E-state index contributed by atoms with van der Waals surface area (Å²) in [5.41, 5.74) is 0.878. The molecule has 2 fully saturated rings. The second-order valence-electron chi connectivity index (χ2n) is 7.55. The topological polar surface area (TPSA) is 45.5 Å². The standard InChI is InChI=1S/C21H25FN2O2/c22-18-4-2-1-3-17(18)19-7-5-16(26-19)6-8-20(25)24-13-10-21(11-14-24)9-12-23-15-21/h1-5,7,23H,6,8-15H2. The fourth-order valence-corrected chi connectivity index (χ4v) is 4.16. The van der Waals surface area contributed by atoms with E-state index in [0.717, 1.165) is 44.8 Å². The van der Waals surface area contributed by atoms with Crippen LogP contribution < -0.4 is 5.32 Å². The number of rotatable bonds is 4. The van der Waals surface area contributed by atoms with Gasteiger partial charge in [-0.2, -0.15) is 0 Å². The summed E-state index contributed by atoms with van der Waals surface area (Å²) in [6.45, 7) is 3.93. The lowest BCUT2D eigenvalue weighted by Gasteiger charge is -2.38. The number of aryl methyl sites for hydroxylation is 1. The molecule has 0 radical (unpaired) electrons. The Morgan fingerprint density at radius 2 is 1.96 bits per heavy atom. The van der Waals surface area contributed by atoms with E-state index in [9.17, 15) is 9.18 Å². The molecule has 0 saturated carbocycles. The Balaban J connectivity index is 1.31. The van der Waals surface area contributed by atoms with Crippen LogP contribution in [0.2, 0.25) is 0 Å². The number of carbonyl (C=O) groups is 1. The lowest BCUT2D eigenvalue weighted by molar-refractivity contribution is -0.133. The van der Waals surface area contributed by atoms with Crippen LogP contribution in [0.1, 0.15) is 31.4 Å². The molecule has 26 heavy (non-hydrogen) atoms. The molecule has 2 saturated heterocycles. The van der Waals surface area contributed by atoms with Crippen LogP contribution in [-0.4, -0.2) is 37.0 Å². The van der Waals surface area contributed by atoms with Gasteiger partial charge in [0.15, 0.2) is 0 Å². The van der Waals surface area contributed by atoms with Crippen LogP contribution in [0, 0.1) is 11.2 Å². The van der Waals surface area contributed by atoms with Crippen LogP contribution in [0.4, 0.5) is 4.39 Å². The van der Waals surface area contributed by atoms with Crippen molar-refractivity contribution in [2.24, 2.45) is 5.41 Å². The van der Waals surface area contributed by atoms with Gasteiger partial charge >= 0.3 is 0 Å². The molecule has 0 atom stereocenters. The Bertz CT molecular complexity index is 770. The minimum atomic E-state index is -0.298. The lowest BCUT2D eigenvalue weighted by Crippen LogP contribution is -2.44. The highest BCUT2D eigenvalue weighted by atomic mass is 19.1. The summed E-state index contributed by atoms with van der Waals surface area (Å²) in [4.78, 5) is 14.5. The first kappa shape index (κ1) is 17.3. The molecule has 1 aromatic carbocycles.